The Kier molecular flexibility index (Phi) is 5.71. The van der Waals surface area contributed by atoms with Crippen molar-refractivity contribution >= 4 is 11.9 Å². The van der Waals surface area contributed by atoms with Gasteiger partial charge in [-0.2, -0.15) is 0 Å². The second-order valence-corrected chi connectivity index (χ2v) is 10.6. The first-order valence-electron chi connectivity index (χ1n) is 13.1. The van der Waals surface area contributed by atoms with Gasteiger partial charge in [-0.3, -0.25) is 9.59 Å². The summed E-state index contributed by atoms with van der Waals surface area (Å²) in [5.41, 5.74) is 10.2. The van der Waals surface area contributed by atoms with Gasteiger partial charge in [0, 0.05) is 17.0 Å². The van der Waals surface area contributed by atoms with E-state index in [0.717, 1.165) is 55.6 Å². The molecule has 4 nitrogen and oxygen atoms in total. The number of aryl methyl sites for hydroxylation is 2. The van der Waals surface area contributed by atoms with Crippen LogP contribution in [0.4, 0.5) is 0 Å². The van der Waals surface area contributed by atoms with Crippen LogP contribution in [0.2, 0.25) is 0 Å². The van der Waals surface area contributed by atoms with E-state index in [1.807, 2.05) is 74.5 Å². The van der Waals surface area contributed by atoms with Crippen LogP contribution in [0.15, 0.2) is 72.8 Å². The molecule has 38 heavy (non-hydrogen) atoms. The summed E-state index contributed by atoms with van der Waals surface area (Å²) in [6, 6.07) is 24.0. The maximum atomic E-state index is 13.0. The summed E-state index contributed by atoms with van der Waals surface area (Å²) in [6.45, 7) is 10.4. The quantitative estimate of drug-likeness (QED) is 0.219. The number of carbonyl (C=O) groups excluding carboxylic acids is 2. The molecule has 2 aliphatic rings. The van der Waals surface area contributed by atoms with Gasteiger partial charge < -0.3 is 9.47 Å². The number of esters is 2. The summed E-state index contributed by atoms with van der Waals surface area (Å²) in [6.07, 6.45) is 0. The highest BCUT2D eigenvalue weighted by atomic mass is 16.5. The van der Waals surface area contributed by atoms with Crippen LogP contribution in [0.1, 0.15) is 80.3 Å². The first-order valence-corrected chi connectivity index (χ1v) is 13.1. The van der Waals surface area contributed by atoms with E-state index >= 15 is 0 Å². The Morgan fingerprint density at radius 2 is 0.974 bits per heavy atom. The van der Waals surface area contributed by atoms with Crippen molar-refractivity contribution in [2.45, 2.75) is 52.4 Å². The minimum Gasteiger partial charge on any atom is -0.425 e. The predicted octanol–water partition coefficient (Wildman–Crippen LogP) is 7.17. The zero-order chi connectivity index (χ0) is 26.7. The first kappa shape index (κ1) is 24.2. The molecule has 2 atom stereocenters. The standard InChI is InChI=1S/C34H30O4/c1-18-16-25(21(4)27-29(33(35)37-31(18)27)23-12-8-6-9-13-23)20(3)26-17-19(2)32-28(22(26)5)30(34(36)38-32)24-14-10-7-11-15-24/h6-17,20,29-30H,1-5H3. The Balaban J connectivity index is 1.50. The maximum absolute atomic E-state index is 13.0. The fraction of sp³-hybridized carbons (Fsp3) is 0.235. The van der Waals surface area contributed by atoms with Crippen molar-refractivity contribution in [2.75, 3.05) is 0 Å². The molecule has 0 radical (unpaired) electrons. The molecule has 0 aromatic heterocycles. The van der Waals surface area contributed by atoms with E-state index in [-0.39, 0.29) is 17.9 Å². The van der Waals surface area contributed by atoms with Gasteiger partial charge in [0.2, 0.25) is 0 Å². The van der Waals surface area contributed by atoms with Gasteiger partial charge in [-0.15, -0.1) is 0 Å². The lowest BCUT2D eigenvalue weighted by molar-refractivity contribution is -0.134. The fourth-order valence-electron chi connectivity index (χ4n) is 6.37. The molecule has 2 aliphatic heterocycles. The molecule has 4 aromatic carbocycles. The van der Waals surface area contributed by atoms with Crippen molar-refractivity contribution in [3.8, 4) is 11.5 Å². The maximum Gasteiger partial charge on any atom is 0.323 e. The van der Waals surface area contributed by atoms with Gasteiger partial charge in [-0.25, -0.2) is 0 Å². The van der Waals surface area contributed by atoms with Gasteiger partial charge in [-0.1, -0.05) is 79.7 Å². The van der Waals surface area contributed by atoms with Gasteiger partial charge in [-0.05, 0) is 72.2 Å². The summed E-state index contributed by atoms with van der Waals surface area (Å²) in [5.74, 6) is 0.0647. The van der Waals surface area contributed by atoms with Crippen LogP contribution >= 0.6 is 0 Å². The second-order valence-electron chi connectivity index (χ2n) is 10.6. The lowest BCUT2D eigenvalue weighted by Crippen LogP contribution is -2.13. The number of hydrogen-bond acceptors (Lipinski definition) is 4. The van der Waals surface area contributed by atoms with Gasteiger partial charge in [0.1, 0.15) is 23.3 Å². The lowest BCUT2D eigenvalue weighted by Gasteiger charge is -2.24. The summed E-state index contributed by atoms with van der Waals surface area (Å²) in [5, 5.41) is 0. The minimum atomic E-state index is -0.437. The van der Waals surface area contributed by atoms with Crippen molar-refractivity contribution in [1.82, 2.24) is 0 Å². The molecule has 6 rings (SSSR count). The molecule has 0 saturated heterocycles. The van der Waals surface area contributed by atoms with Crippen molar-refractivity contribution in [3.63, 3.8) is 0 Å². The van der Waals surface area contributed by atoms with Crippen molar-refractivity contribution in [3.05, 3.63) is 128 Å². The molecule has 0 N–H and O–H groups in total. The van der Waals surface area contributed by atoms with E-state index in [0.29, 0.717) is 11.5 Å². The summed E-state index contributed by atoms with van der Waals surface area (Å²) < 4.78 is 11.6. The van der Waals surface area contributed by atoms with Crippen molar-refractivity contribution in [1.29, 1.82) is 0 Å². The molecule has 0 aliphatic carbocycles. The SMILES string of the molecule is Cc1cc(C(C)c2cc(C)c3c(c2C)C(c2ccccc2)C(=O)O3)c(C)c2c1OC(=O)C2c1ccccc1. The Bertz CT molecular complexity index is 1480. The molecule has 4 aromatic rings. The number of hydrogen-bond donors (Lipinski definition) is 0. The highest BCUT2D eigenvalue weighted by Crippen LogP contribution is 2.49. The van der Waals surface area contributed by atoms with E-state index in [1.165, 1.54) is 0 Å². The monoisotopic (exact) mass is 502 g/mol. The number of fused-ring (bicyclic) bond motifs is 2. The van der Waals surface area contributed by atoms with Gasteiger partial charge in [0.15, 0.2) is 0 Å². The largest absolute Gasteiger partial charge is 0.425 e. The predicted molar refractivity (Wildman–Crippen MR) is 147 cm³/mol. The third kappa shape index (κ3) is 3.59. The fourth-order valence-corrected chi connectivity index (χ4v) is 6.37. The number of carbonyl (C=O) groups is 2. The average molecular weight is 503 g/mol. The van der Waals surface area contributed by atoms with Crippen LogP contribution in [-0.4, -0.2) is 11.9 Å². The van der Waals surface area contributed by atoms with E-state index < -0.39 is 11.8 Å². The van der Waals surface area contributed by atoms with E-state index in [1.54, 1.807) is 0 Å². The van der Waals surface area contributed by atoms with Crippen molar-refractivity contribution in [2.24, 2.45) is 0 Å². The summed E-state index contributed by atoms with van der Waals surface area (Å²) in [4.78, 5) is 26.1. The third-order valence-corrected chi connectivity index (χ3v) is 8.28. The highest BCUT2D eigenvalue weighted by Gasteiger charge is 2.40. The van der Waals surface area contributed by atoms with Gasteiger partial charge in [0.05, 0.1) is 0 Å². The summed E-state index contributed by atoms with van der Waals surface area (Å²) in [7, 11) is 0. The van der Waals surface area contributed by atoms with E-state index in [4.69, 9.17) is 9.47 Å². The zero-order valence-corrected chi connectivity index (χ0v) is 22.3. The number of benzene rings is 4. The number of ether oxygens (including phenoxy) is 2. The van der Waals surface area contributed by atoms with E-state index in [9.17, 15) is 9.59 Å². The zero-order valence-electron chi connectivity index (χ0n) is 22.3. The molecule has 0 fully saturated rings. The molecule has 0 bridgehead atoms. The average Bonchev–Trinajstić information content (AvgIpc) is 3.46. The van der Waals surface area contributed by atoms with Crippen LogP contribution in [-0.2, 0) is 9.59 Å². The van der Waals surface area contributed by atoms with Crippen LogP contribution in [0.5, 0.6) is 11.5 Å². The normalized spacial score (nSPS) is 18.6. The molecular weight excluding hydrogens is 472 g/mol. The van der Waals surface area contributed by atoms with Crippen LogP contribution in [0, 0.1) is 27.7 Å². The smallest absolute Gasteiger partial charge is 0.323 e. The second kappa shape index (κ2) is 8.98. The molecule has 2 unspecified atom stereocenters. The first-order chi connectivity index (χ1) is 18.3. The molecule has 0 amide bonds. The van der Waals surface area contributed by atoms with Crippen LogP contribution in [0.3, 0.4) is 0 Å². The lowest BCUT2D eigenvalue weighted by atomic mass is 9.78. The van der Waals surface area contributed by atoms with E-state index in [2.05, 4.69) is 32.9 Å². The molecule has 190 valence electrons. The molecular formula is C34H30O4. The molecule has 0 spiro atoms. The molecule has 2 heterocycles. The minimum absolute atomic E-state index is 0.0299. The van der Waals surface area contributed by atoms with Gasteiger partial charge in [0.25, 0.3) is 0 Å². The Morgan fingerprint density at radius 3 is 1.34 bits per heavy atom. The molecule has 4 heteroatoms. The summed E-state index contributed by atoms with van der Waals surface area (Å²) >= 11 is 0. The van der Waals surface area contributed by atoms with Gasteiger partial charge >= 0.3 is 11.9 Å². The highest BCUT2D eigenvalue weighted by molar-refractivity contribution is 5.92. The topological polar surface area (TPSA) is 52.6 Å². The van der Waals surface area contributed by atoms with Crippen molar-refractivity contribution < 1.29 is 19.1 Å². The van der Waals surface area contributed by atoms with Crippen LogP contribution in [0.25, 0.3) is 0 Å². The number of rotatable bonds is 4. The Morgan fingerprint density at radius 1 is 0.605 bits per heavy atom. The Labute approximate surface area is 223 Å². The molecule has 0 saturated carbocycles. The Hall–Kier alpha value is -4.18. The third-order valence-electron chi connectivity index (χ3n) is 8.28. The van der Waals surface area contributed by atoms with Crippen LogP contribution < -0.4 is 9.47 Å².